The average molecular weight is 322 g/mol. The zero-order valence-corrected chi connectivity index (χ0v) is 13.7. The summed E-state index contributed by atoms with van der Waals surface area (Å²) in [5.74, 6) is 0.990. The first kappa shape index (κ1) is 13.8. The molecule has 0 amide bonds. The van der Waals surface area contributed by atoms with E-state index in [0.717, 1.165) is 33.6 Å². The summed E-state index contributed by atoms with van der Waals surface area (Å²) in [5, 5.41) is 2.11. The summed E-state index contributed by atoms with van der Waals surface area (Å²) in [7, 11) is 0. The molecule has 3 aromatic heterocycles. The van der Waals surface area contributed by atoms with Crippen LogP contribution in [-0.4, -0.2) is 27.8 Å². The summed E-state index contributed by atoms with van der Waals surface area (Å²) >= 11 is 5.09. The van der Waals surface area contributed by atoms with Gasteiger partial charge in [0.25, 0.3) is 0 Å². The molecule has 0 atom stereocenters. The van der Waals surface area contributed by atoms with Crippen molar-refractivity contribution in [3.05, 3.63) is 28.7 Å². The maximum atomic E-state index is 4.51. The van der Waals surface area contributed by atoms with Gasteiger partial charge in [-0.25, -0.2) is 15.0 Å². The van der Waals surface area contributed by atoms with Gasteiger partial charge >= 0.3 is 0 Å². The SMILES string of the molecule is CCN(Cc1cccs1)c1ncnc2nc(SC)sc12. The van der Waals surface area contributed by atoms with Crippen molar-refractivity contribution >= 4 is 50.6 Å². The first-order chi connectivity index (χ1) is 9.81. The van der Waals surface area contributed by atoms with Gasteiger partial charge in [0.05, 0.1) is 6.54 Å². The number of thiazole rings is 1. The van der Waals surface area contributed by atoms with Gasteiger partial charge in [0, 0.05) is 11.4 Å². The molecule has 3 heterocycles. The Morgan fingerprint density at radius 2 is 2.25 bits per heavy atom. The summed E-state index contributed by atoms with van der Waals surface area (Å²) in [5.41, 5.74) is 0.800. The van der Waals surface area contributed by atoms with E-state index < -0.39 is 0 Å². The number of thioether (sulfide) groups is 1. The summed E-state index contributed by atoms with van der Waals surface area (Å²) in [6.07, 6.45) is 3.65. The molecular formula is C13H14N4S3. The Balaban J connectivity index is 2.00. The minimum absolute atomic E-state index is 0.800. The summed E-state index contributed by atoms with van der Waals surface area (Å²) in [6, 6.07) is 4.24. The molecule has 7 heteroatoms. The fraction of sp³-hybridized carbons (Fsp3) is 0.308. The van der Waals surface area contributed by atoms with Crippen LogP contribution in [0.1, 0.15) is 11.8 Å². The zero-order chi connectivity index (χ0) is 13.9. The van der Waals surface area contributed by atoms with Crippen LogP contribution < -0.4 is 4.90 Å². The molecule has 0 aliphatic rings. The van der Waals surface area contributed by atoms with E-state index in [0.29, 0.717) is 0 Å². The number of hydrogen-bond donors (Lipinski definition) is 0. The van der Waals surface area contributed by atoms with Gasteiger partial charge in [0.2, 0.25) is 0 Å². The second-order valence-corrected chi connectivity index (χ2v) is 7.21. The lowest BCUT2D eigenvalue weighted by Crippen LogP contribution is -2.22. The number of rotatable bonds is 5. The van der Waals surface area contributed by atoms with Crippen molar-refractivity contribution in [2.75, 3.05) is 17.7 Å². The lowest BCUT2D eigenvalue weighted by atomic mass is 10.4. The van der Waals surface area contributed by atoms with E-state index in [-0.39, 0.29) is 0 Å². The number of aromatic nitrogens is 3. The Morgan fingerprint density at radius 1 is 1.35 bits per heavy atom. The molecule has 0 saturated heterocycles. The summed E-state index contributed by atoms with van der Waals surface area (Å²) in [4.78, 5) is 16.9. The molecule has 3 aromatic rings. The van der Waals surface area contributed by atoms with E-state index in [1.54, 1.807) is 40.8 Å². The summed E-state index contributed by atoms with van der Waals surface area (Å²) < 4.78 is 2.11. The Kier molecular flexibility index (Phi) is 4.18. The third-order valence-corrected chi connectivity index (χ3v) is 5.82. The van der Waals surface area contributed by atoms with Gasteiger partial charge in [-0.2, -0.15) is 0 Å². The van der Waals surface area contributed by atoms with E-state index in [4.69, 9.17) is 0 Å². The van der Waals surface area contributed by atoms with Crippen molar-refractivity contribution in [3.8, 4) is 0 Å². The number of thiophene rings is 1. The lowest BCUT2D eigenvalue weighted by molar-refractivity contribution is 0.826. The van der Waals surface area contributed by atoms with Crippen molar-refractivity contribution in [2.45, 2.75) is 17.8 Å². The molecule has 20 heavy (non-hydrogen) atoms. The molecule has 0 aliphatic heterocycles. The lowest BCUT2D eigenvalue weighted by Gasteiger charge is -2.21. The largest absolute Gasteiger partial charge is 0.350 e. The van der Waals surface area contributed by atoms with Gasteiger partial charge in [0.1, 0.15) is 11.0 Å². The summed E-state index contributed by atoms with van der Waals surface area (Å²) in [6.45, 7) is 3.95. The van der Waals surface area contributed by atoms with Crippen molar-refractivity contribution in [3.63, 3.8) is 0 Å². The fourth-order valence-corrected chi connectivity index (χ4v) is 4.21. The second-order valence-electron chi connectivity index (χ2n) is 4.13. The van der Waals surface area contributed by atoms with Crippen molar-refractivity contribution in [1.29, 1.82) is 0 Å². The molecule has 0 aliphatic carbocycles. The fourth-order valence-electron chi connectivity index (χ4n) is 1.96. The number of fused-ring (bicyclic) bond motifs is 1. The van der Waals surface area contributed by atoms with Crippen LogP contribution in [0.3, 0.4) is 0 Å². The smallest absolute Gasteiger partial charge is 0.176 e. The number of nitrogens with zero attached hydrogens (tertiary/aromatic N) is 4. The molecular weight excluding hydrogens is 308 g/mol. The third kappa shape index (κ3) is 2.65. The maximum Gasteiger partial charge on any atom is 0.176 e. The second kappa shape index (κ2) is 6.07. The van der Waals surface area contributed by atoms with Gasteiger partial charge in [-0.1, -0.05) is 17.8 Å². The number of hydrogen-bond acceptors (Lipinski definition) is 7. The molecule has 0 fully saturated rings. The zero-order valence-electron chi connectivity index (χ0n) is 11.2. The van der Waals surface area contributed by atoms with E-state index in [9.17, 15) is 0 Å². The van der Waals surface area contributed by atoms with Gasteiger partial charge in [-0.15, -0.1) is 22.7 Å². The van der Waals surface area contributed by atoms with E-state index >= 15 is 0 Å². The van der Waals surface area contributed by atoms with E-state index in [1.165, 1.54) is 4.88 Å². The van der Waals surface area contributed by atoms with Crippen molar-refractivity contribution in [2.24, 2.45) is 0 Å². The van der Waals surface area contributed by atoms with Crippen molar-refractivity contribution < 1.29 is 0 Å². The minimum Gasteiger partial charge on any atom is -0.350 e. The molecule has 104 valence electrons. The topological polar surface area (TPSA) is 41.9 Å². The highest BCUT2D eigenvalue weighted by molar-refractivity contribution is 8.00. The molecule has 0 saturated carbocycles. The van der Waals surface area contributed by atoms with Crippen LogP contribution in [0.5, 0.6) is 0 Å². The average Bonchev–Trinajstić information content (AvgIpc) is 3.12. The first-order valence-electron chi connectivity index (χ1n) is 6.24. The predicted octanol–water partition coefficient (Wildman–Crippen LogP) is 3.90. The Bertz CT molecular complexity index is 693. The number of anilines is 1. The van der Waals surface area contributed by atoms with Crippen LogP contribution in [0, 0.1) is 0 Å². The van der Waals surface area contributed by atoms with Crippen LogP contribution in [0.15, 0.2) is 28.2 Å². The molecule has 0 bridgehead atoms. The molecule has 0 unspecified atom stereocenters. The van der Waals surface area contributed by atoms with Gasteiger partial charge in [-0.05, 0) is 24.6 Å². The molecule has 0 radical (unpaired) electrons. The molecule has 0 spiro atoms. The Morgan fingerprint density at radius 3 is 2.95 bits per heavy atom. The highest BCUT2D eigenvalue weighted by atomic mass is 32.2. The maximum absolute atomic E-state index is 4.51. The van der Waals surface area contributed by atoms with Crippen molar-refractivity contribution in [1.82, 2.24) is 15.0 Å². The van der Waals surface area contributed by atoms with E-state index in [1.807, 2.05) is 6.26 Å². The van der Waals surface area contributed by atoms with Crippen LogP contribution in [0.25, 0.3) is 10.3 Å². The normalized spacial score (nSPS) is 11.1. The first-order valence-corrected chi connectivity index (χ1v) is 9.16. The molecule has 0 aromatic carbocycles. The van der Waals surface area contributed by atoms with Gasteiger partial charge in [0.15, 0.2) is 15.8 Å². The Hall–Kier alpha value is -1.18. The van der Waals surface area contributed by atoms with Gasteiger partial charge in [-0.3, -0.25) is 0 Å². The quantitative estimate of drug-likeness (QED) is 0.667. The molecule has 4 nitrogen and oxygen atoms in total. The third-order valence-electron chi connectivity index (χ3n) is 2.94. The van der Waals surface area contributed by atoms with E-state index in [2.05, 4.69) is 44.3 Å². The molecule has 3 rings (SSSR count). The van der Waals surface area contributed by atoms with Crippen LogP contribution >= 0.6 is 34.4 Å². The minimum atomic E-state index is 0.800. The highest BCUT2D eigenvalue weighted by Gasteiger charge is 2.15. The van der Waals surface area contributed by atoms with Crippen LogP contribution in [-0.2, 0) is 6.54 Å². The monoisotopic (exact) mass is 322 g/mol. The van der Waals surface area contributed by atoms with Crippen LogP contribution in [0.2, 0.25) is 0 Å². The Labute approximate surface area is 129 Å². The predicted molar refractivity (Wildman–Crippen MR) is 88.0 cm³/mol. The molecule has 0 N–H and O–H groups in total. The van der Waals surface area contributed by atoms with Crippen LogP contribution in [0.4, 0.5) is 5.82 Å². The highest BCUT2D eigenvalue weighted by Crippen LogP contribution is 2.33. The van der Waals surface area contributed by atoms with Gasteiger partial charge < -0.3 is 4.90 Å². The standard InChI is InChI=1S/C13H14N4S3/c1-3-17(7-9-5-4-6-19-9)12-10-11(14-8-15-12)16-13(18-2)20-10/h4-6,8H,3,7H2,1-2H3.